The molecule has 1 N–H and O–H groups in total. The fourth-order valence-corrected chi connectivity index (χ4v) is 1.45. The third-order valence-corrected chi connectivity index (χ3v) is 2.67. The number of ether oxygens (including phenoxy) is 3. The number of hydrogen-bond acceptors (Lipinski definition) is 4. The number of hydrogen-bond donors (Lipinski definition) is 1. The van der Waals surface area contributed by atoms with E-state index in [2.05, 4.69) is 5.32 Å². The lowest BCUT2D eigenvalue weighted by Gasteiger charge is -2.08. The summed E-state index contributed by atoms with van der Waals surface area (Å²) >= 11 is 0. The molecule has 1 saturated heterocycles. The first kappa shape index (κ1) is 13.7. The van der Waals surface area contributed by atoms with Crippen LogP contribution in [0.15, 0.2) is 24.3 Å². The summed E-state index contributed by atoms with van der Waals surface area (Å²) in [4.78, 5) is 11.4. The molecular weight excluding hydrogens is 246 g/mol. The molecule has 1 amide bonds. The molecule has 0 saturated carbocycles. The first-order valence-corrected chi connectivity index (χ1v) is 6.56. The van der Waals surface area contributed by atoms with Crippen LogP contribution in [-0.4, -0.2) is 32.0 Å². The third-order valence-electron chi connectivity index (χ3n) is 2.67. The Morgan fingerprint density at radius 2 is 2.16 bits per heavy atom. The van der Waals surface area contributed by atoms with Crippen molar-refractivity contribution < 1.29 is 19.0 Å². The summed E-state index contributed by atoms with van der Waals surface area (Å²) in [7, 11) is 0. The third kappa shape index (κ3) is 5.18. The van der Waals surface area contributed by atoms with Gasteiger partial charge in [-0.1, -0.05) is 13.3 Å². The molecule has 19 heavy (non-hydrogen) atoms. The zero-order chi connectivity index (χ0) is 13.5. The predicted octanol–water partition coefficient (Wildman–Crippen LogP) is 2.81. The molecule has 104 valence electrons. The number of benzene rings is 1. The Bertz CT molecular complexity index is 400. The molecule has 5 nitrogen and oxygen atoms in total. The molecule has 1 unspecified atom stereocenters. The zero-order valence-electron chi connectivity index (χ0n) is 11.1. The minimum Gasteiger partial charge on any atom is -0.491 e. The van der Waals surface area contributed by atoms with Gasteiger partial charge in [-0.3, -0.25) is 5.32 Å². The average molecular weight is 265 g/mol. The van der Waals surface area contributed by atoms with E-state index in [0.717, 1.165) is 25.2 Å². The molecule has 1 aliphatic heterocycles. The van der Waals surface area contributed by atoms with Crippen molar-refractivity contribution in [1.82, 2.24) is 0 Å². The smallest absolute Gasteiger partial charge is 0.411 e. The largest absolute Gasteiger partial charge is 0.491 e. The van der Waals surface area contributed by atoms with Gasteiger partial charge in [0.2, 0.25) is 0 Å². The quantitative estimate of drug-likeness (QED) is 0.608. The summed E-state index contributed by atoms with van der Waals surface area (Å²) in [6, 6.07) is 7.18. The van der Waals surface area contributed by atoms with Crippen molar-refractivity contribution in [3.8, 4) is 5.75 Å². The molecule has 0 bridgehead atoms. The molecule has 1 atom stereocenters. The SMILES string of the molecule is CCCCOC(=O)Nc1ccc(OCC2CO2)cc1. The number of amides is 1. The number of nitrogens with one attached hydrogen (secondary N) is 1. The van der Waals surface area contributed by atoms with Gasteiger partial charge in [-0.2, -0.15) is 0 Å². The highest BCUT2D eigenvalue weighted by atomic mass is 16.6. The lowest BCUT2D eigenvalue weighted by molar-refractivity contribution is 0.160. The van der Waals surface area contributed by atoms with Crippen LogP contribution in [0.4, 0.5) is 10.5 Å². The number of rotatable bonds is 7. The summed E-state index contributed by atoms with van der Waals surface area (Å²) in [5.74, 6) is 0.764. The van der Waals surface area contributed by atoms with E-state index in [-0.39, 0.29) is 6.10 Å². The van der Waals surface area contributed by atoms with Gasteiger partial charge in [0.1, 0.15) is 18.5 Å². The highest BCUT2D eigenvalue weighted by molar-refractivity contribution is 5.84. The Kier molecular flexibility index (Phi) is 5.03. The second-order valence-electron chi connectivity index (χ2n) is 4.41. The van der Waals surface area contributed by atoms with Gasteiger partial charge in [-0.25, -0.2) is 4.79 Å². The summed E-state index contributed by atoms with van der Waals surface area (Å²) in [5, 5.41) is 2.66. The Morgan fingerprint density at radius 1 is 1.42 bits per heavy atom. The van der Waals surface area contributed by atoms with Crippen molar-refractivity contribution in [3.05, 3.63) is 24.3 Å². The van der Waals surface area contributed by atoms with E-state index < -0.39 is 6.09 Å². The minimum atomic E-state index is -0.423. The van der Waals surface area contributed by atoms with E-state index in [0.29, 0.717) is 18.9 Å². The van der Waals surface area contributed by atoms with Gasteiger partial charge in [0.25, 0.3) is 0 Å². The Hall–Kier alpha value is -1.75. The fourth-order valence-electron chi connectivity index (χ4n) is 1.45. The van der Waals surface area contributed by atoms with Crippen molar-refractivity contribution in [2.75, 3.05) is 25.1 Å². The van der Waals surface area contributed by atoms with E-state index in [1.54, 1.807) is 12.1 Å². The van der Waals surface area contributed by atoms with Gasteiger partial charge in [0.05, 0.1) is 13.2 Å². The summed E-state index contributed by atoms with van der Waals surface area (Å²) < 4.78 is 15.6. The summed E-state index contributed by atoms with van der Waals surface area (Å²) in [6.07, 6.45) is 1.70. The first-order chi connectivity index (χ1) is 9.28. The van der Waals surface area contributed by atoms with E-state index in [9.17, 15) is 4.79 Å². The van der Waals surface area contributed by atoms with E-state index in [1.807, 2.05) is 19.1 Å². The zero-order valence-corrected chi connectivity index (χ0v) is 11.1. The van der Waals surface area contributed by atoms with Crippen LogP contribution < -0.4 is 10.1 Å². The van der Waals surface area contributed by atoms with Crippen molar-refractivity contribution in [3.63, 3.8) is 0 Å². The Balaban J connectivity index is 1.72. The van der Waals surface area contributed by atoms with Crippen molar-refractivity contribution in [2.24, 2.45) is 0 Å². The maximum atomic E-state index is 11.4. The summed E-state index contributed by atoms with van der Waals surface area (Å²) in [6.45, 7) is 3.85. The second kappa shape index (κ2) is 6.99. The van der Waals surface area contributed by atoms with Crippen LogP contribution in [0.5, 0.6) is 5.75 Å². The monoisotopic (exact) mass is 265 g/mol. The van der Waals surface area contributed by atoms with Crippen LogP contribution in [-0.2, 0) is 9.47 Å². The highest BCUT2D eigenvalue weighted by Crippen LogP contribution is 2.18. The maximum Gasteiger partial charge on any atom is 0.411 e. The lowest BCUT2D eigenvalue weighted by Crippen LogP contribution is -2.14. The molecule has 0 spiro atoms. The standard InChI is InChI=1S/C14H19NO4/c1-2-3-8-17-14(16)15-11-4-6-12(7-5-11)18-9-13-10-19-13/h4-7,13H,2-3,8-10H2,1H3,(H,15,16). The van der Waals surface area contributed by atoms with E-state index in [4.69, 9.17) is 14.2 Å². The number of anilines is 1. The van der Waals surface area contributed by atoms with E-state index in [1.165, 1.54) is 0 Å². The van der Waals surface area contributed by atoms with Crippen LogP contribution in [0.25, 0.3) is 0 Å². The van der Waals surface area contributed by atoms with Crippen LogP contribution in [0.3, 0.4) is 0 Å². The molecule has 0 aromatic heterocycles. The van der Waals surface area contributed by atoms with Crippen molar-refractivity contribution in [2.45, 2.75) is 25.9 Å². The number of carbonyl (C=O) groups is 1. The average Bonchev–Trinajstić information content (AvgIpc) is 3.22. The van der Waals surface area contributed by atoms with Crippen LogP contribution in [0, 0.1) is 0 Å². The lowest BCUT2D eigenvalue weighted by atomic mass is 10.3. The summed E-state index contributed by atoms with van der Waals surface area (Å²) in [5.41, 5.74) is 0.691. The Labute approximate surface area is 112 Å². The number of carbonyl (C=O) groups excluding carboxylic acids is 1. The minimum absolute atomic E-state index is 0.242. The second-order valence-corrected chi connectivity index (χ2v) is 4.41. The molecule has 1 fully saturated rings. The molecule has 0 radical (unpaired) electrons. The first-order valence-electron chi connectivity index (χ1n) is 6.56. The predicted molar refractivity (Wildman–Crippen MR) is 71.6 cm³/mol. The molecular formula is C14H19NO4. The fraction of sp³-hybridized carbons (Fsp3) is 0.500. The van der Waals surface area contributed by atoms with Gasteiger partial charge < -0.3 is 14.2 Å². The van der Waals surface area contributed by atoms with Crippen LogP contribution >= 0.6 is 0 Å². The molecule has 1 aromatic rings. The molecule has 0 aliphatic carbocycles. The topological polar surface area (TPSA) is 60.1 Å². The van der Waals surface area contributed by atoms with Crippen molar-refractivity contribution in [1.29, 1.82) is 0 Å². The number of epoxide rings is 1. The van der Waals surface area contributed by atoms with Gasteiger partial charge >= 0.3 is 6.09 Å². The van der Waals surface area contributed by atoms with Gasteiger partial charge in [-0.05, 0) is 30.7 Å². The van der Waals surface area contributed by atoms with Crippen LogP contribution in [0.1, 0.15) is 19.8 Å². The molecule has 5 heteroatoms. The number of unbranched alkanes of at least 4 members (excludes halogenated alkanes) is 1. The van der Waals surface area contributed by atoms with Gasteiger partial charge in [0.15, 0.2) is 0 Å². The van der Waals surface area contributed by atoms with Gasteiger partial charge in [0, 0.05) is 5.69 Å². The van der Waals surface area contributed by atoms with Crippen molar-refractivity contribution >= 4 is 11.8 Å². The molecule has 1 heterocycles. The van der Waals surface area contributed by atoms with Gasteiger partial charge in [-0.15, -0.1) is 0 Å². The normalized spacial score (nSPS) is 16.8. The molecule has 1 aromatic carbocycles. The molecule has 1 aliphatic rings. The van der Waals surface area contributed by atoms with E-state index >= 15 is 0 Å². The van der Waals surface area contributed by atoms with Crippen LogP contribution in [0.2, 0.25) is 0 Å². The highest BCUT2D eigenvalue weighted by Gasteiger charge is 2.22. The maximum absolute atomic E-state index is 11.4. The molecule has 2 rings (SSSR count). The Morgan fingerprint density at radius 3 is 2.79 bits per heavy atom.